The maximum absolute atomic E-state index is 12.9. The van der Waals surface area contributed by atoms with E-state index < -0.39 is 10.5 Å². The fourth-order valence-electron chi connectivity index (χ4n) is 3.33. The molecule has 1 aromatic carbocycles. The van der Waals surface area contributed by atoms with E-state index in [0.717, 1.165) is 12.8 Å². The van der Waals surface area contributed by atoms with E-state index in [1.807, 2.05) is 6.92 Å². The van der Waals surface area contributed by atoms with Crippen LogP contribution >= 0.6 is 0 Å². The number of nitrogens with two attached hydrogens (primary N) is 1. The molecular formula is C17H20N4O4. The van der Waals surface area contributed by atoms with Gasteiger partial charge in [-0.3, -0.25) is 19.7 Å². The minimum atomic E-state index is -0.521. The molecule has 0 bridgehead atoms. The van der Waals surface area contributed by atoms with Crippen molar-refractivity contribution in [2.45, 2.75) is 25.8 Å². The van der Waals surface area contributed by atoms with Gasteiger partial charge in [0.1, 0.15) is 0 Å². The highest BCUT2D eigenvalue weighted by Gasteiger charge is 2.27. The summed E-state index contributed by atoms with van der Waals surface area (Å²) in [5.41, 5.74) is 6.00. The van der Waals surface area contributed by atoms with Crippen LogP contribution < -0.4 is 11.3 Å². The third-order valence-electron chi connectivity index (χ3n) is 4.84. The number of nitro benzene ring substituents is 1. The minimum absolute atomic E-state index is 0.0836. The van der Waals surface area contributed by atoms with Crippen molar-refractivity contribution in [3.63, 3.8) is 0 Å². The second kappa shape index (κ2) is 6.64. The molecule has 8 heteroatoms. The maximum Gasteiger partial charge on any atom is 0.270 e. The van der Waals surface area contributed by atoms with Crippen LogP contribution in [0.5, 0.6) is 0 Å². The average Bonchev–Trinajstić information content (AvgIpc) is 2.60. The molecule has 1 saturated heterocycles. The van der Waals surface area contributed by atoms with Gasteiger partial charge in [0, 0.05) is 48.2 Å². The summed E-state index contributed by atoms with van der Waals surface area (Å²) in [6.07, 6.45) is 1.62. The number of rotatable bonds is 3. The second-order valence-electron chi connectivity index (χ2n) is 6.52. The van der Waals surface area contributed by atoms with Crippen molar-refractivity contribution in [3.05, 3.63) is 50.3 Å². The molecule has 25 heavy (non-hydrogen) atoms. The van der Waals surface area contributed by atoms with E-state index in [2.05, 4.69) is 4.98 Å². The molecule has 1 aromatic heterocycles. The lowest BCUT2D eigenvalue weighted by molar-refractivity contribution is -0.384. The number of non-ortho nitro benzene ring substituents is 1. The van der Waals surface area contributed by atoms with Crippen LogP contribution in [-0.4, -0.2) is 39.8 Å². The molecule has 0 saturated carbocycles. The Morgan fingerprint density at radius 1 is 1.36 bits per heavy atom. The quantitative estimate of drug-likeness (QED) is 0.647. The molecular weight excluding hydrogens is 324 g/mol. The van der Waals surface area contributed by atoms with Crippen molar-refractivity contribution in [1.82, 2.24) is 9.88 Å². The van der Waals surface area contributed by atoms with E-state index in [4.69, 9.17) is 5.73 Å². The summed E-state index contributed by atoms with van der Waals surface area (Å²) in [5, 5.41) is 11.4. The molecule has 1 atom stereocenters. The zero-order valence-corrected chi connectivity index (χ0v) is 13.9. The molecule has 0 spiro atoms. The van der Waals surface area contributed by atoms with Gasteiger partial charge in [-0.2, -0.15) is 0 Å². The van der Waals surface area contributed by atoms with Gasteiger partial charge < -0.3 is 15.6 Å². The third kappa shape index (κ3) is 3.39. The van der Waals surface area contributed by atoms with Crippen LogP contribution in [0.2, 0.25) is 0 Å². The van der Waals surface area contributed by atoms with E-state index in [9.17, 15) is 19.7 Å². The first kappa shape index (κ1) is 17.1. The zero-order chi connectivity index (χ0) is 18.1. The number of hydrogen-bond donors (Lipinski definition) is 2. The van der Waals surface area contributed by atoms with Gasteiger partial charge >= 0.3 is 0 Å². The lowest BCUT2D eigenvalue weighted by atomic mass is 9.90. The molecule has 1 unspecified atom stereocenters. The normalized spacial score (nSPS) is 16.8. The molecule has 3 rings (SSSR count). The number of nitrogens with one attached hydrogen (secondary N) is 1. The predicted molar refractivity (Wildman–Crippen MR) is 93.5 cm³/mol. The number of benzene rings is 1. The predicted octanol–water partition coefficient (Wildman–Crippen LogP) is 1.64. The molecule has 8 nitrogen and oxygen atoms in total. The van der Waals surface area contributed by atoms with Crippen LogP contribution in [0.25, 0.3) is 10.9 Å². The fraction of sp³-hybridized carbons (Fsp3) is 0.412. The van der Waals surface area contributed by atoms with Crippen molar-refractivity contribution in [2.75, 3.05) is 13.1 Å². The summed E-state index contributed by atoms with van der Waals surface area (Å²) in [6, 6.07) is 5.38. The second-order valence-corrected chi connectivity index (χ2v) is 6.52. The summed E-state index contributed by atoms with van der Waals surface area (Å²) in [7, 11) is 0. The van der Waals surface area contributed by atoms with E-state index in [1.165, 1.54) is 24.3 Å². The molecule has 0 aliphatic carbocycles. The summed E-state index contributed by atoms with van der Waals surface area (Å²) < 4.78 is 0. The number of nitro groups is 1. The average molecular weight is 344 g/mol. The number of aromatic nitrogens is 1. The number of amides is 1. The number of nitrogens with zero attached hydrogens (tertiary/aromatic N) is 2. The van der Waals surface area contributed by atoms with Crippen LogP contribution in [0, 0.1) is 16.0 Å². The monoisotopic (exact) mass is 344 g/mol. The number of aromatic amines is 1. The Morgan fingerprint density at radius 2 is 2.04 bits per heavy atom. The highest BCUT2D eigenvalue weighted by atomic mass is 16.6. The van der Waals surface area contributed by atoms with E-state index in [-0.39, 0.29) is 23.2 Å². The Bertz CT molecular complexity index is 882. The van der Waals surface area contributed by atoms with Crippen LogP contribution in [0.1, 0.15) is 30.1 Å². The highest BCUT2D eigenvalue weighted by Crippen LogP contribution is 2.25. The van der Waals surface area contributed by atoms with Crippen molar-refractivity contribution in [2.24, 2.45) is 11.7 Å². The Kier molecular flexibility index (Phi) is 4.54. The number of carbonyl (C=O) groups excluding carboxylic acids is 1. The van der Waals surface area contributed by atoms with E-state index in [0.29, 0.717) is 29.9 Å². The maximum atomic E-state index is 12.9. The van der Waals surface area contributed by atoms with Gasteiger partial charge in [-0.15, -0.1) is 0 Å². The lowest BCUT2D eigenvalue weighted by Gasteiger charge is -2.33. The SMILES string of the molecule is CC(N)C1CCN(C(=O)c2cc(=O)[nH]c3ccc([N+](=O)[O-])cc23)CC1. The number of hydrogen-bond acceptors (Lipinski definition) is 5. The number of fused-ring (bicyclic) bond motifs is 1. The molecule has 1 aliphatic heterocycles. The van der Waals surface area contributed by atoms with Crippen LogP contribution in [-0.2, 0) is 0 Å². The molecule has 2 aromatic rings. The van der Waals surface area contributed by atoms with Crippen LogP contribution in [0.4, 0.5) is 5.69 Å². The first-order chi connectivity index (χ1) is 11.9. The lowest BCUT2D eigenvalue weighted by Crippen LogP contribution is -2.42. The fourth-order valence-corrected chi connectivity index (χ4v) is 3.33. The number of piperidine rings is 1. The Morgan fingerprint density at radius 3 is 2.64 bits per heavy atom. The van der Waals surface area contributed by atoms with E-state index in [1.54, 1.807) is 4.90 Å². The molecule has 132 valence electrons. The Hall–Kier alpha value is -2.74. The van der Waals surface area contributed by atoms with Crippen LogP contribution in [0.3, 0.4) is 0 Å². The van der Waals surface area contributed by atoms with Gasteiger partial charge in [-0.25, -0.2) is 0 Å². The largest absolute Gasteiger partial charge is 0.339 e. The van der Waals surface area contributed by atoms with E-state index >= 15 is 0 Å². The van der Waals surface area contributed by atoms with Gasteiger partial charge in [0.2, 0.25) is 5.56 Å². The molecule has 1 amide bonds. The molecule has 1 aliphatic rings. The minimum Gasteiger partial charge on any atom is -0.339 e. The van der Waals surface area contributed by atoms with Crippen molar-refractivity contribution < 1.29 is 9.72 Å². The van der Waals surface area contributed by atoms with Gasteiger partial charge in [-0.1, -0.05) is 0 Å². The van der Waals surface area contributed by atoms with Gasteiger partial charge in [0.25, 0.3) is 11.6 Å². The zero-order valence-electron chi connectivity index (χ0n) is 13.9. The van der Waals surface area contributed by atoms with Gasteiger partial charge in [0.05, 0.1) is 10.5 Å². The number of likely N-dealkylation sites (tertiary alicyclic amines) is 1. The highest BCUT2D eigenvalue weighted by molar-refractivity contribution is 6.06. The first-order valence-electron chi connectivity index (χ1n) is 8.23. The van der Waals surface area contributed by atoms with Crippen molar-refractivity contribution >= 4 is 22.5 Å². The summed E-state index contributed by atoms with van der Waals surface area (Å²) >= 11 is 0. The third-order valence-corrected chi connectivity index (χ3v) is 4.84. The molecule has 2 heterocycles. The molecule has 1 fully saturated rings. The number of pyridine rings is 1. The Labute approximate surface area is 143 Å². The summed E-state index contributed by atoms with van der Waals surface area (Å²) in [4.78, 5) is 39.6. The summed E-state index contributed by atoms with van der Waals surface area (Å²) in [5.74, 6) is 0.0979. The Balaban J connectivity index is 1.97. The number of carbonyl (C=O) groups is 1. The smallest absolute Gasteiger partial charge is 0.270 e. The number of H-pyrrole nitrogens is 1. The summed E-state index contributed by atoms with van der Waals surface area (Å²) in [6.45, 7) is 3.09. The molecule has 0 radical (unpaired) electrons. The van der Waals surface area contributed by atoms with Gasteiger partial charge in [0.15, 0.2) is 0 Å². The first-order valence-corrected chi connectivity index (χ1v) is 8.23. The standard InChI is InChI=1S/C17H20N4O4/c1-10(18)11-4-6-20(7-5-11)17(23)14-9-16(22)19-15-3-2-12(21(24)25)8-13(14)15/h2-3,8-11H,4-7,18H2,1H3,(H,19,22). The molecule has 3 N–H and O–H groups in total. The van der Waals surface area contributed by atoms with Crippen LogP contribution in [0.15, 0.2) is 29.1 Å². The van der Waals surface area contributed by atoms with Crippen molar-refractivity contribution in [1.29, 1.82) is 0 Å². The van der Waals surface area contributed by atoms with Crippen molar-refractivity contribution in [3.8, 4) is 0 Å². The topological polar surface area (TPSA) is 122 Å². The van der Waals surface area contributed by atoms with Gasteiger partial charge in [-0.05, 0) is 31.7 Å².